The number of nitrogens with zero attached hydrogens (tertiary/aromatic N) is 1. The number of carbonyl (C=O) groups excluding carboxylic acids is 1. The molecular weight excluding hydrogens is 271 g/mol. The second kappa shape index (κ2) is 7.06. The summed E-state index contributed by atoms with van der Waals surface area (Å²) in [5.74, 6) is -1.64. The fourth-order valence-corrected chi connectivity index (χ4v) is 1.69. The molecule has 0 bridgehead atoms. The molecule has 0 aliphatic rings. The molecule has 1 aromatic rings. The minimum Gasteiger partial charge on any atom is -0.381 e. The maximum atomic E-state index is 12.6. The highest BCUT2D eigenvalue weighted by Gasteiger charge is 2.31. The third-order valence-corrected chi connectivity index (χ3v) is 2.70. The van der Waals surface area contributed by atoms with Crippen LogP contribution in [0.15, 0.2) is 24.3 Å². The first-order chi connectivity index (χ1) is 9.40. The third-order valence-electron chi connectivity index (χ3n) is 2.70. The van der Waals surface area contributed by atoms with Crippen molar-refractivity contribution in [2.24, 2.45) is 0 Å². The van der Waals surface area contributed by atoms with Crippen molar-refractivity contribution >= 4 is 5.78 Å². The van der Waals surface area contributed by atoms with E-state index in [1.165, 1.54) is 12.1 Å². The van der Waals surface area contributed by atoms with Crippen LogP contribution in [0, 0.1) is 11.3 Å². The standard InChI is InChI=1S/C14H14F3NO2/c1-2-20-7-6-13(19)12(9-18)10-4-3-5-11(8-10)14(15,16)17/h3-5,8,12H,2,6-7H2,1H3. The zero-order valence-electron chi connectivity index (χ0n) is 10.9. The van der Waals surface area contributed by atoms with Crippen molar-refractivity contribution in [3.8, 4) is 6.07 Å². The molecule has 0 saturated carbocycles. The Morgan fingerprint density at radius 1 is 1.45 bits per heavy atom. The van der Waals surface area contributed by atoms with E-state index in [4.69, 9.17) is 10.00 Å². The van der Waals surface area contributed by atoms with Crippen LogP contribution in [-0.2, 0) is 15.7 Å². The molecule has 0 aromatic heterocycles. The monoisotopic (exact) mass is 285 g/mol. The zero-order chi connectivity index (χ0) is 15.2. The number of Topliss-reactive ketones (excluding diaryl/α,β-unsaturated/α-hetero) is 1. The Morgan fingerprint density at radius 3 is 2.70 bits per heavy atom. The summed E-state index contributed by atoms with van der Waals surface area (Å²) >= 11 is 0. The second-order valence-corrected chi connectivity index (χ2v) is 4.10. The summed E-state index contributed by atoms with van der Waals surface area (Å²) in [5, 5.41) is 9.01. The highest BCUT2D eigenvalue weighted by molar-refractivity contribution is 5.88. The average Bonchev–Trinajstić information content (AvgIpc) is 2.39. The average molecular weight is 285 g/mol. The molecule has 0 heterocycles. The first-order valence-electron chi connectivity index (χ1n) is 6.07. The molecule has 0 saturated heterocycles. The van der Waals surface area contributed by atoms with Crippen LogP contribution in [0.1, 0.15) is 30.4 Å². The van der Waals surface area contributed by atoms with E-state index in [1.807, 2.05) is 0 Å². The van der Waals surface area contributed by atoms with Crippen molar-refractivity contribution in [3.05, 3.63) is 35.4 Å². The fraction of sp³-hybridized carbons (Fsp3) is 0.429. The molecule has 0 fully saturated rings. The number of alkyl halides is 3. The number of carbonyl (C=O) groups is 1. The van der Waals surface area contributed by atoms with E-state index in [2.05, 4.69) is 0 Å². The number of benzene rings is 1. The Bertz CT molecular complexity index is 506. The molecule has 0 aliphatic carbocycles. The summed E-state index contributed by atoms with van der Waals surface area (Å²) in [6, 6.07) is 6.04. The topological polar surface area (TPSA) is 50.1 Å². The van der Waals surface area contributed by atoms with E-state index in [0.29, 0.717) is 6.61 Å². The largest absolute Gasteiger partial charge is 0.416 e. The summed E-state index contributed by atoms with van der Waals surface area (Å²) in [4.78, 5) is 11.8. The van der Waals surface area contributed by atoms with E-state index in [9.17, 15) is 18.0 Å². The number of ether oxygens (including phenoxy) is 1. The van der Waals surface area contributed by atoms with Crippen LogP contribution in [0.5, 0.6) is 0 Å². The van der Waals surface area contributed by atoms with E-state index in [-0.39, 0.29) is 18.6 Å². The summed E-state index contributed by atoms with van der Waals surface area (Å²) in [5.41, 5.74) is -0.809. The van der Waals surface area contributed by atoms with E-state index >= 15 is 0 Å². The minimum atomic E-state index is -4.50. The van der Waals surface area contributed by atoms with Crippen molar-refractivity contribution in [3.63, 3.8) is 0 Å². The molecule has 0 aliphatic heterocycles. The molecule has 3 nitrogen and oxygen atoms in total. The Labute approximate surface area is 115 Å². The van der Waals surface area contributed by atoms with Crippen molar-refractivity contribution in [2.45, 2.75) is 25.4 Å². The molecule has 1 rings (SSSR count). The van der Waals surface area contributed by atoms with Gasteiger partial charge in [0.1, 0.15) is 5.92 Å². The van der Waals surface area contributed by atoms with Crippen LogP contribution in [-0.4, -0.2) is 19.0 Å². The number of nitriles is 1. The quantitative estimate of drug-likeness (QED) is 0.753. The van der Waals surface area contributed by atoms with Crippen molar-refractivity contribution in [1.29, 1.82) is 5.26 Å². The normalized spacial score (nSPS) is 12.8. The lowest BCUT2D eigenvalue weighted by Gasteiger charge is -2.12. The first-order valence-corrected chi connectivity index (χ1v) is 6.07. The van der Waals surface area contributed by atoms with E-state index in [0.717, 1.165) is 12.1 Å². The molecule has 0 N–H and O–H groups in total. The summed E-state index contributed by atoms with van der Waals surface area (Å²) in [7, 11) is 0. The van der Waals surface area contributed by atoms with Crippen LogP contribution in [0.25, 0.3) is 0 Å². The Kier molecular flexibility index (Phi) is 5.71. The number of halogens is 3. The van der Waals surface area contributed by atoms with E-state index < -0.39 is 23.4 Å². The van der Waals surface area contributed by atoms with Gasteiger partial charge in [0.25, 0.3) is 0 Å². The maximum Gasteiger partial charge on any atom is 0.416 e. The lowest BCUT2D eigenvalue weighted by molar-refractivity contribution is -0.137. The van der Waals surface area contributed by atoms with Gasteiger partial charge in [-0.25, -0.2) is 0 Å². The Hall–Kier alpha value is -1.87. The van der Waals surface area contributed by atoms with Gasteiger partial charge >= 0.3 is 6.18 Å². The first kappa shape index (κ1) is 16.2. The number of hydrogen-bond acceptors (Lipinski definition) is 3. The van der Waals surface area contributed by atoms with Crippen molar-refractivity contribution in [2.75, 3.05) is 13.2 Å². The van der Waals surface area contributed by atoms with Gasteiger partial charge in [-0.1, -0.05) is 18.2 Å². The van der Waals surface area contributed by atoms with Gasteiger partial charge in [-0.15, -0.1) is 0 Å². The van der Waals surface area contributed by atoms with Crippen LogP contribution in [0.4, 0.5) is 13.2 Å². The van der Waals surface area contributed by atoms with Gasteiger partial charge in [-0.05, 0) is 18.6 Å². The lowest BCUT2D eigenvalue weighted by Crippen LogP contribution is -2.14. The highest BCUT2D eigenvalue weighted by Crippen LogP contribution is 2.31. The van der Waals surface area contributed by atoms with Crippen molar-refractivity contribution < 1.29 is 22.7 Å². The molecular formula is C14H14F3NO2. The van der Waals surface area contributed by atoms with Gasteiger partial charge < -0.3 is 4.74 Å². The molecule has 6 heteroatoms. The van der Waals surface area contributed by atoms with Crippen molar-refractivity contribution in [1.82, 2.24) is 0 Å². The van der Waals surface area contributed by atoms with Crippen LogP contribution in [0.2, 0.25) is 0 Å². The number of ketones is 1. The Morgan fingerprint density at radius 2 is 2.15 bits per heavy atom. The fourth-order valence-electron chi connectivity index (χ4n) is 1.69. The highest BCUT2D eigenvalue weighted by atomic mass is 19.4. The smallest absolute Gasteiger partial charge is 0.381 e. The number of hydrogen-bond donors (Lipinski definition) is 0. The summed E-state index contributed by atoms with van der Waals surface area (Å²) in [6.07, 6.45) is -4.49. The summed E-state index contributed by atoms with van der Waals surface area (Å²) in [6.45, 7) is 2.36. The molecule has 0 amide bonds. The molecule has 1 unspecified atom stereocenters. The predicted molar refractivity (Wildman–Crippen MR) is 65.9 cm³/mol. The van der Waals surface area contributed by atoms with Gasteiger partial charge in [-0.2, -0.15) is 18.4 Å². The molecule has 1 atom stereocenters. The predicted octanol–water partition coefficient (Wildman–Crippen LogP) is 3.31. The van der Waals surface area contributed by atoms with Gasteiger partial charge in [0.2, 0.25) is 0 Å². The van der Waals surface area contributed by atoms with Crippen LogP contribution in [0.3, 0.4) is 0 Å². The molecule has 20 heavy (non-hydrogen) atoms. The van der Waals surface area contributed by atoms with E-state index in [1.54, 1.807) is 13.0 Å². The van der Waals surface area contributed by atoms with Crippen LogP contribution >= 0.6 is 0 Å². The molecule has 108 valence electrons. The lowest BCUT2D eigenvalue weighted by atomic mass is 9.93. The molecule has 1 aromatic carbocycles. The van der Waals surface area contributed by atoms with Gasteiger partial charge in [0.05, 0.1) is 18.2 Å². The SMILES string of the molecule is CCOCCC(=O)C(C#N)c1cccc(C(F)(F)F)c1. The van der Waals surface area contributed by atoms with Gasteiger partial charge in [0.15, 0.2) is 5.78 Å². The zero-order valence-corrected chi connectivity index (χ0v) is 10.9. The minimum absolute atomic E-state index is 0.00229. The van der Waals surface area contributed by atoms with Gasteiger partial charge in [-0.3, -0.25) is 4.79 Å². The van der Waals surface area contributed by atoms with Crippen LogP contribution < -0.4 is 0 Å². The van der Waals surface area contributed by atoms with Gasteiger partial charge in [0, 0.05) is 13.0 Å². The Balaban J connectivity index is 2.91. The second-order valence-electron chi connectivity index (χ2n) is 4.10. The number of rotatable bonds is 6. The maximum absolute atomic E-state index is 12.6. The molecule has 0 spiro atoms. The summed E-state index contributed by atoms with van der Waals surface area (Å²) < 4.78 is 42.8. The molecule has 0 radical (unpaired) electrons. The third kappa shape index (κ3) is 4.35.